The van der Waals surface area contributed by atoms with Crippen molar-refractivity contribution in [3.8, 4) is 0 Å². The van der Waals surface area contributed by atoms with Gasteiger partial charge in [-0.2, -0.15) is 8.42 Å². The number of allylic oxidation sites excluding steroid dienone is 1. The lowest BCUT2D eigenvalue weighted by Crippen LogP contribution is -1.96. The molecule has 0 aromatic heterocycles. The Balaban J connectivity index is -0.000000266. The zero-order chi connectivity index (χ0) is 15.6. The summed E-state index contributed by atoms with van der Waals surface area (Å²) in [5.74, 6) is 0. The highest BCUT2D eigenvalue weighted by Crippen LogP contribution is 1.97. The molecule has 0 unspecified atom stereocenters. The Morgan fingerprint density at radius 3 is 1.47 bits per heavy atom. The first-order valence-corrected chi connectivity index (χ1v) is 8.07. The maximum atomic E-state index is 8.74. The molecule has 0 rings (SSSR count). The fraction of sp³-hybridized carbons (Fsp3) is 0.846. The fourth-order valence-corrected chi connectivity index (χ4v) is 1.01. The van der Waals surface area contributed by atoms with Crippen molar-refractivity contribution < 1.29 is 22.3 Å². The third-order valence-electron chi connectivity index (χ3n) is 1.78. The summed E-state index contributed by atoms with van der Waals surface area (Å²) in [5, 5.41) is 0. The van der Waals surface area contributed by atoms with Crippen molar-refractivity contribution in [3.05, 3.63) is 12.7 Å². The molecule has 0 aliphatic rings. The third-order valence-corrected chi connectivity index (χ3v) is 1.78. The van der Waals surface area contributed by atoms with Gasteiger partial charge in [0.05, 0.1) is 0 Å². The van der Waals surface area contributed by atoms with Crippen molar-refractivity contribution in [2.45, 2.75) is 59.3 Å². The largest absolute Gasteiger partial charge is 0.394 e. The van der Waals surface area contributed by atoms with Gasteiger partial charge in [-0.3, -0.25) is 9.11 Å². The Morgan fingerprint density at radius 1 is 1.00 bits per heavy atom. The van der Waals surface area contributed by atoms with E-state index >= 15 is 0 Å². The van der Waals surface area contributed by atoms with E-state index in [1.54, 1.807) is 6.08 Å². The first-order chi connectivity index (χ1) is 8.83. The molecule has 2 N–H and O–H groups in total. The molecule has 0 radical (unpaired) electrons. The fourth-order valence-electron chi connectivity index (χ4n) is 1.01. The summed E-state index contributed by atoms with van der Waals surface area (Å²) in [4.78, 5) is 0. The van der Waals surface area contributed by atoms with E-state index in [-0.39, 0.29) is 0 Å². The molecule has 0 aromatic rings. The van der Waals surface area contributed by atoms with Crippen LogP contribution in [0.1, 0.15) is 59.3 Å². The zero-order valence-electron chi connectivity index (χ0n) is 12.5. The average molecular weight is 298 g/mol. The Hall–Kier alpha value is -0.430. The summed E-state index contributed by atoms with van der Waals surface area (Å²) in [6.45, 7) is 11.6. The predicted molar refractivity (Wildman–Crippen MR) is 79.9 cm³/mol. The van der Waals surface area contributed by atoms with Crippen LogP contribution in [0.25, 0.3) is 0 Å². The van der Waals surface area contributed by atoms with Crippen LogP contribution in [0.2, 0.25) is 0 Å². The van der Waals surface area contributed by atoms with Crippen molar-refractivity contribution in [3.63, 3.8) is 0 Å². The van der Waals surface area contributed by atoms with E-state index in [2.05, 4.69) is 20.4 Å². The summed E-state index contributed by atoms with van der Waals surface area (Å²) in [6.07, 6.45) is 9.43. The zero-order valence-corrected chi connectivity index (χ0v) is 13.3. The van der Waals surface area contributed by atoms with Gasteiger partial charge in [0, 0.05) is 13.2 Å². The molecule has 0 aliphatic heterocycles. The van der Waals surface area contributed by atoms with Crippen LogP contribution in [0.3, 0.4) is 0 Å². The van der Waals surface area contributed by atoms with Crippen LogP contribution >= 0.6 is 0 Å². The Morgan fingerprint density at radius 2 is 1.26 bits per heavy atom. The summed E-state index contributed by atoms with van der Waals surface area (Å²) >= 11 is 0. The van der Waals surface area contributed by atoms with Crippen LogP contribution in [-0.2, 0) is 15.1 Å². The molecule has 0 bridgehead atoms. The van der Waals surface area contributed by atoms with Crippen LogP contribution in [0.15, 0.2) is 12.7 Å². The van der Waals surface area contributed by atoms with E-state index in [9.17, 15) is 0 Å². The molecule has 0 amide bonds. The number of rotatable bonds is 8. The second-order valence-corrected chi connectivity index (χ2v) is 4.78. The molecule has 19 heavy (non-hydrogen) atoms. The molecule has 0 saturated carbocycles. The minimum absolute atomic E-state index is 0.970. The van der Waals surface area contributed by atoms with Crippen molar-refractivity contribution >= 4 is 10.4 Å². The van der Waals surface area contributed by atoms with E-state index in [0.29, 0.717) is 0 Å². The van der Waals surface area contributed by atoms with Crippen LogP contribution in [0.5, 0.6) is 0 Å². The normalized spacial score (nSPS) is 9.74. The van der Waals surface area contributed by atoms with Crippen LogP contribution in [0, 0.1) is 0 Å². The van der Waals surface area contributed by atoms with Gasteiger partial charge in [0.2, 0.25) is 0 Å². The minimum atomic E-state index is -4.67. The van der Waals surface area contributed by atoms with Gasteiger partial charge in [0.15, 0.2) is 0 Å². The van der Waals surface area contributed by atoms with E-state index in [0.717, 1.165) is 13.2 Å². The van der Waals surface area contributed by atoms with Crippen molar-refractivity contribution in [2.75, 3.05) is 13.2 Å². The number of hydrogen-bond donors (Lipinski definition) is 2. The van der Waals surface area contributed by atoms with Crippen LogP contribution in [-0.4, -0.2) is 30.7 Å². The molecule has 5 nitrogen and oxygen atoms in total. The molecule has 0 heterocycles. The molecule has 0 saturated heterocycles. The number of hydrogen-bond acceptors (Lipinski definition) is 3. The Bertz CT molecular complexity index is 234. The van der Waals surface area contributed by atoms with E-state index in [1.165, 1.54) is 38.5 Å². The average Bonchev–Trinajstić information content (AvgIpc) is 2.27. The predicted octanol–water partition coefficient (Wildman–Crippen LogP) is 3.92. The van der Waals surface area contributed by atoms with Crippen LogP contribution < -0.4 is 0 Å². The van der Waals surface area contributed by atoms with Crippen molar-refractivity contribution in [1.29, 1.82) is 0 Å². The lowest BCUT2D eigenvalue weighted by molar-refractivity contribution is 0.126. The van der Waals surface area contributed by atoms with Gasteiger partial charge in [0.25, 0.3) is 0 Å². The Kier molecular flexibility index (Phi) is 24.8. The first kappa shape index (κ1) is 23.6. The lowest BCUT2D eigenvalue weighted by atomic mass is 10.2. The number of ether oxygens (including phenoxy) is 1. The molecule has 6 heteroatoms. The summed E-state index contributed by atoms with van der Waals surface area (Å²) in [7, 11) is -4.67. The second kappa shape index (κ2) is 19.9. The molecule has 0 spiro atoms. The molecule has 0 atom stereocenters. The highest BCUT2D eigenvalue weighted by atomic mass is 32.3. The van der Waals surface area contributed by atoms with Crippen molar-refractivity contribution in [2.24, 2.45) is 0 Å². The lowest BCUT2D eigenvalue weighted by Gasteiger charge is -2.01. The number of unbranched alkanes of at least 4 members (excludes halogenated alkanes) is 4. The highest BCUT2D eigenvalue weighted by Gasteiger charge is 1.88. The molecule has 118 valence electrons. The van der Waals surface area contributed by atoms with E-state index < -0.39 is 10.4 Å². The SMILES string of the molecule is C=CC.CCCCCOCCCCC.O=S(=O)(O)O. The van der Waals surface area contributed by atoms with Gasteiger partial charge >= 0.3 is 10.4 Å². The monoisotopic (exact) mass is 298 g/mol. The topological polar surface area (TPSA) is 83.8 Å². The summed E-state index contributed by atoms with van der Waals surface area (Å²) in [6, 6.07) is 0. The van der Waals surface area contributed by atoms with Gasteiger partial charge in [-0.15, -0.1) is 6.58 Å². The Labute approximate surface area is 118 Å². The smallest absolute Gasteiger partial charge is 0.381 e. The van der Waals surface area contributed by atoms with Gasteiger partial charge in [-0.05, 0) is 19.8 Å². The minimum Gasteiger partial charge on any atom is -0.381 e. The van der Waals surface area contributed by atoms with Gasteiger partial charge in [0.1, 0.15) is 0 Å². The molecular weight excluding hydrogens is 268 g/mol. The van der Waals surface area contributed by atoms with Gasteiger partial charge in [-0.25, -0.2) is 0 Å². The van der Waals surface area contributed by atoms with Gasteiger partial charge in [-0.1, -0.05) is 45.6 Å². The highest BCUT2D eigenvalue weighted by molar-refractivity contribution is 7.79. The van der Waals surface area contributed by atoms with E-state index in [1.807, 2.05) is 6.92 Å². The standard InChI is InChI=1S/C10H22O.C3H6.H2O4S/c1-3-5-7-9-11-10-8-6-4-2;1-3-2;1-5(2,3)4/h3-10H2,1-2H3;3H,1H2,2H3;(H2,1,2,3,4). The maximum Gasteiger partial charge on any atom is 0.394 e. The third kappa shape index (κ3) is 74.3. The first-order valence-electron chi connectivity index (χ1n) is 6.68. The summed E-state index contributed by atoms with van der Waals surface area (Å²) < 4.78 is 37.0. The molecule has 0 fully saturated rings. The van der Waals surface area contributed by atoms with E-state index in [4.69, 9.17) is 22.3 Å². The summed E-state index contributed by atoms with van der Waals surface area (Å²) in [5.41, 5.74) is 0. The molecule has 0 aromatic carbocycles. The maximum absolute atomic E-state index is 8.74. The second-order valence-electron chi connectivity index (χ2n) is 3.88. The molecule has 0 aliphatic carbocycles. The van der Waals surface area contributed by atoms with Crippen molar-refractivity contribution in [1.82, 2.24) is 0 Å². The quantitative estimate of drug-likeness (QED) is 0.403. The van der Waals surface area contributed by atoms with Crippen LogP contribution in [0.4, 0.5) is 0 Å². The van der Waals surface area contributed by atoms with Gasteiger partial charge < -0.3 is 4.74 Å². The molecular formula is C13H30O5S.